The van der Waals surface area contributed by atoms with Gasteiger partial charge in [-0.2, -0.15) is 0 Å². The highest BCUT2D eigenvalue weighted by Gasteiger charge is 2.11. The molecule has 0 saturated carbocycles. The number of hydrogen-bond donors (Lipinski definition) is 0. The van der Waals surface area contributed by atoms with Gasteiger partial charge in [-0.15, -0.1) is 0 Å². The third kappa shape index (κ3) is 3.54. The first-order valence-electron chi connectivity index (χ1n) is 5.81. The second-order valence-corrected chi connectivity index (χ2v) is 5.94. The fourth-order valence-corrected chi connectivity index (χ4v) is 2.63. The van der Waals surface area contributed by atoms with Crippen LogP contribution in [0.15, 0.2) is 36.4 Å². The van der Waals surface area contributed by atoms with E-state index >= 15 is 0 Å². The highest BCUT2D eigenvalue weighted by molar-refractivity contribution is 9.09. The highest BCUT2D eigenvalue weighted by Crippen LogP contribution is 2.30. The molecule has 0 bridgehead atoms. The van der Waals surface area contributed by atoms with Gasteiger partial charge < -0.3 is 0 Å². The molecular weight excluding hydrogens is 334 g/mol. The summed E-state index contributed by atoms with van der Waals surface area (Å²) in [5.74, 6) is -1.64. The predicted molar refractivity (Wildman–Crippen MR) is 77.9 cm³/mol. The first kappa shape index (κ1) is 14.5. The summed E-state index contributed by atoms with van der Waals surface area (Å²) in [5.41, 5.74) is 2.80. The molecule has 100 valence electrons. The Labute approximate surface area is 124 Å². The zero-order chi connectivity index (χ0) is 14.0. The van der Waals surface area contributed by atoms with Gasteiger partial charge in [0.2, 0.25) is 0 Å². The molecule has 0 fully saturated rings. The summed E-state index contributed by atoms with van der Waals surface area (Å²) in [6.45, 7) is 1.93. The van der Waals surface area contributed by atoms with E-state index in [0.29, 0.717) is 6.42 Å². The van der Waals surface area contributed by atoms with Crippen LogP contribution in [-0.2, 0) is 6.42 Å². The first-order valence-corrected chi connectivity index (χ1v) is 7.11. The van der Waals surface area contributed by atoms with Crippen LogP contribution < -0.4 is 0 Å². The molecule has 0 nitrogen and oxygen atoms in total. The predicted octanol–water partition coefficient (Wildman–Crippen LogP) is 5.61. The Morgan fingerprint density at radius 2 is 1.84 bits per heavy atom. The Kier molecular flexibility index (Phi) is 4.58. The summed E-state index contributed by atoms with van der Waals surface area (Å²) in [6, 6.07) is 9.72. The van der Waals surface area contributed by atoms with Crippen LogP contribution in [-0.4, -0.2) is 0 Å². The molecule has 1 atom stereocenters. The van der Waals surface area contributed by atoms with Crippen molar-refractivity contribution in [1.82, 2.24) is 0 Å². The Hall–Kier alpha value is -0.930. The van der Waals surface area contributed by atoms with Gasteiger partial charge in [-0.25, -0.2) is 8.78 Å². The molecule has 0 aliphatic heterocycles. The van der Waals surface area contributed by atoms with E-state index in [0.717, 1.165) is 27.8 Å². The summed E-state index contributed by atoms with van der Waals surface area (Å²) in [4.78, 5) is 0.0355. The van der Waals surface area contributed by atoms with Gasteiger partial charge >= 0.3 is 0 Å². The van der Waals surface area contributed by atoms with Crippen molar-refractivity contribution in [2.75, 3.05) is 0 Å². The van der Waals surface area contributed by atoms with E-state index in [1.807, 2.05) is 25.1 Å². The molecule has 0 radical (unpaired) electrons. The molecule has 1 unspecified atom stereocenters. The van der Waals surface area contributed by atoms with E-state index in [1.165, 1.54) is 6.07 Å². The molecule has 0 aliphatic rings. The second-order valence-electron chi connectivity index (χ2n) is 4.43. The summed E-state index contributed by atoms with van der Waals surface area (Å²) < 4.78 is 26.0. The van der Waals surface area contributed by atoms with Crippen molar-refractivity contribution in [3.8, 4) is 0 Å². The third-order valence-electron chi connectivity index (χ3n) is 2.94. The van der Waals surface area contributed by atoms with Crippen molar-refractivity contribution in [2.45, 2.75) is 18.2 Å². The summed E-state index contributed by atoms with van der Waals surface area (Å²) in [5, 5.41) is 0.719. The van der Waals surface area contributed by atoms with Gasteiger partial charge in [-0.1, -0.05) is 45.7 Å². The molecule has 0 spiro atoms. The van der Waals surface area contributed by atoms with Gasteiger partial charge in [0.15, 0.2) is 11.6 Å². The number of hydrogen-bond acceptors (Lipinski definition) is 0. The molecule has 19 heavy (non-hydrogen) atoms. The van der Waals surface area contributed by atoms with E-state index < -0.39 is 11.6 Å². The van der Waals surface area contributed by atoms with Crippen LogP contribution in [0.5, 0.6) is 0 Å². The topological polar surface area (TPSA) is 0 Å². The Morgan fingerprint density at radius 1 is 1.11 bits per heavy atom. The molecule has 0 aromatic heterocycles. The lowest BCUT2D eigenvalue weighted by molar-refractivity contribution is 0.507. The Balaban J connectivity index is 2.17. The minimum Gasteiger partial charge on any atom is -0.204 e. The lowest BCUT2D eigenvalue weighted by Gasteiger charge is -2.12. The minimum atomic E-state index is -0.822. The van der Waals surface area contributed by atoms with Crippen LogP contribution in [0.4, 0.5) is 8.78 Å². The van der Waals surface area contributed by atoms with Crippen molar-refractivity contribution in [3.05, 3.63) is 69.7 Å². The van der Waals surface area contributed by atoms with Crippen molar-refractivity contribution in [1.29, 1.82) is 0 Å². The molecule has 2 aromatic carbocycles. The number of rotatable bonds is 3. The molecule has 2 aromatic rings. The molecule has 2 rings (SSSR count). The van der Waals surface area contributed by atoms with E-state index in [1.54, 1.807) is 6.07 Å². The fraction of sp³-hybridized carbons (Fsp3) is 0.200. The Morgan fingerprint density at radius 3 is 2.47 bits per heavy atom. The molecule has 0 aliphatic carbocycles. The summed E-state index contributed by atoms with van der Waals surface area (Å²) in [7, 11) is 0. The van der Waals surface area contributed by atoms with Crippen molar-refractivity contribution >= 4 is 27.5 Å². The van der Waals surface area contributed by atoms with Crippen LogP contribution in [0.2, 0.25) is 5.02 Å². The van der Waals surface area contributed by atoms with E-state index in [4.69, 9.17) is 11.6 Å². The summed E-state index contributed by atoms with van der Waals surface area (Å²) in [6.07, 6.45) is 0.582. The van der Waals surface area contributed by atoms with E-state index in [-0.39, 0.29) is 4.83 Å². The van der Waals surface area contributed by atoms with Gasteiger partial charge in [0.05, 0.1) is 0 Å². The zero-order valence-electron chi connectivity index (χ0n) is 10.3. The molecular formula is C15H12BrClF2. The van der Waals surface area contributed by atoms with E-state index in [2.05, 4.69) is 15.9 Å². The quantitative estimate of drug-likeness (QED) is 0.635. The van der Waals surface area contributed by atoms with Gasteiger partial charge in [-0.3, -0.25) is 0 Å². The second kappa shape index (κ2) is 6.02. The standard InChI is InChI=1S/C15H12BrClF2/c1-9-6-11(3-4-13(9)17)12(16)7-10-2-5-14(18)15(19)8-10/h2-6,8,12H,7H2,1H3. The average Bonchev–Trinajstić information content (AvgIpc) is 2.37. The molecule has 0 heterocycles. The SMILES string of the molecule is Cc1cc(C(Br)Cc2ccc(F)c(F)c2)ccc1Cl. The highest BCUT2D eigenvalue weighted by atomic mass is 79.9. The van der Waals surface area contributed by atoms with Gasteiger partial charge in [-0.05, 0) is 48.2 Å². The Bertz CT molecular complexity index is 599. The number of benzene rings is 2. The smallest absolute Gasteiger partial charge is 0.159 e. The normalized spacial score (nSPS) is 12.5. The van der Waals surface area contributed by atoms with Crippen molar-refractivity contribution < 1.29 is 8.78 Å². The van der Waals surface area contributed by atoms with Crippen molar-refractivity contribution in [2.24, 2.45) is 0 Å². The maximum Gasteiger partial charge on any atom is 0.159 e. The van der Waals surface area contributed by atoms with Crippen LogP contribution >= 0.6 is 27.5 Å². The lowest BCUT2D eigenvalue weighted by atomic mass is 10.0. The largest absolute Gasteiger partial charge is 0.204 e. The zero-order valence-corrected chi connectivity index (χ0v) is 12.6. The number of aryl methyl sites for hydroxylation is 1. The van der Waals surface area contributed by atoms with Crippen LogP contribution in [0.25, 0.3) is 0 Å². The third-order valence-corrected chi connectivity index (χ3v) is 4.22. The van der Waals surface area contributed by atoms with Crippen LogP contribution in [0.1, 0.15) is 21.5 Å². The molecule has 0 N–H and O–H groups in total. The van der Waals surface area contributed by atoms with E-state index in [9.17, 15) is 8.78 Å². The van der Waals surface area contributed by atoms with Crippen LogP contribution in [0.3, 0.4) is 0 Å². The molecule has 4 heteroatoms. The number of halogens is 4. The van der Waals surface area contributed by atoms with Crippen molar-refractivity contribution in [3.63, 3.8) is 0 Å². The summed E-state index contributed by atoms with van der Waals surface area (Å²) >= 11 is 9.54. The fourth-order valence-electron chi connectivity index (χ4n) is 1.85. The maximum absolute atomic E-state index is 13.1. The van der Waals surface area contributed by atoms with Gasteiger partial charge in [0.25, 0.3) is 0 Å². The number of alkyl halides is 1. The molecule has 0 amide bonds. The maximum atomic E-state index is 13.1. The average molecular weight is 346 g/mol. The monoisotopic (exact) mass is 344 g/mol. The molecule has 0 saturated heterocycles. The first-order chi connectivity index (χ1) is 8.97. The lowest BCUT2D eigenvalue weighted by Crippen LogP contribution is -1.97. The minimum absolute atomic E-state index is 0.0355. The van der Waals surface area contributed by atoms with Crippen LogP contribution in [0, 0.1) is 18.6 Å². The van der Waals surface area contributed by atoms with Gasteiger partial charge in [0, 0.05) is 9.85 Å². The van der Waals surface area contributed by atoms with Gasteiger partial charge in [0.1, 0.15) is 0 Å².